The van der Waals surface area contributed by atoms with Crippen LogP contribution in [0.2, 0.25) is 0 Å². The molecule has 0 atom stereocenters. The fourth-order valence-corrected chi connectivity index (χ4v) is 1.18. The molecule has 0 radical (unpaired) electrons. The van der Waals surface area contributed by atoms with Gasteiger partial charge in [0.15, 0.2) is 10.5 Å². The van der Waals surface area contributed by atoms with E-state index in [4.69, 9.17) is 13.9 Å². The number of hydrogen-bond acceptors (Lipinski definition) is 3. The highest BCUT2D eigenvalue weighted by molar-refractivity contribution is 5.98. The first-order chi connectivity index (χ1) is 4.74. The average Bonchev–Trinajstić information content (AvgIpc) is 2.01. The molecule has 0 spiro atoms. The fraction of sp³-hybridized carbons (Fsp3) is 0.667. The zero-order chi connectivity index (χ0) is 8.04. The zero-order valence-corrected chi connectivity index (χ0v) is 8.72. The molecule has 0 aromatic rings. The van der Waals surface area contributed by atoms with E-state index in [2.05, 4.69) is 6.58 Å². The predicted molar refractivity (Wildman–Crippen MR) is 42.6 cm³/mol. The first-order valence-corrected chi connectivity index (χ1v) is 3.82. The van der Waals surface area contributed by atoms with Gasteiger partial charge in [0.2, 0.25) is 0 Å². The minimum absolute atomic E-state index is 0.545. The maximum absolute atomic E-state index is 5.10. The van der Waals surface area contributed by atoms with Crippen LogP contribution >= 0.6 is 0 Å². The van der Waals surface area contributed by atoms with Gasteiger partial charge in [-0.2, -0.15) is 0 Å². The van der Waals surface area contributed by atoms with Gasteiger partial charge in [0.1, 0.15) is 0 Å². The topological polar surface area (TPSA) is 27.7 Å². The van der Waals surface area contributed by atoms with Crippen LogP contribution in [0.1, 0.15) is 6.42 Å². The molecule has 0 heterocycles. The zero-order valence-electron chi connectivity index (χ0n) is 6.72. The number of rotatable bonds is 5. The monoisotopic (exact) mass is 162 g/mol. The molecule has 0 aliphatic rings. The van der Waals surface area contributed by atoms with Crippen LogP contribution in [0.25, 0.3) is 0 Å². The normalized spacial score (nSPS) is 11.8. The van der Waals surface area contributed by atoms with Gasteiger partial charge in [0, 0.05) is 20.6 Å². The molecule has 0 aromatic carbocycles. The van der Waals surface area contributed by atoms with Crippen molar-refractivity contribution in [3.8, 4) is 0 Å². The maximum atomic E-state index is 5.10. The van der Waals surface area contributed by atoms with Crippen LogP contribution in [-0.2, 0) is 13.9 Å². The molecule has 0 N–H and O–H groups in total. The molecule has 0 amide bonds. The summed E-state index contributed by atoms with van der Waals surface area (Å²) in [6.07, 6.45) is 2.24. The summed E-state index contributed by atoms with van der Waals surface area (Å²) in [5, 5.41) is 0. The Morgan fingerprint density at radius 1 is 1.50 bits per heavy atom. The summed E-state index contributed by atoms with van der Waals surface area (Å²) < 4.78 is 15.1. The Balaban J connectivity index is 4.00. The molecule has 0 fully saturated rings. The molecule has 0 aliphatic heterocycles. The fourth-order valence-electron chi connectivity index (χ4n) is 0.677. The molecule has 0 aliphatic carbocycles. The standard InChI is InChI=1S/C6H14O3Si/c1-4-5-6(7-2,8-3)9-10/h4H,1,5H2,2-3,10H3. The quantitative estimate of drug-likeness (QED) is 0.318. The van der Waals surface area contributed by atoms with Crippen molar-refractivity contribution in [3.05, 3.63) is 12.7 Å². The van der Waals surface area contributed by atoms with Gasteiger partial charge in [-0.15, -0.1) is 6.58 Å². The largest absolute Gasteiger partial charge is 0.380 e. The van der Waals surface area contributed by atoms with Crippen molar-refractivity contribution in [2.24, 2.45) is 0 Å². The second kappa shape index (κ2) is 4.62. The molecule has 0 saturated carbocycles. The van der Waals surface area contributed by atoms with Crippen LogP contribution in [0.3, 0.4) is 0 Å². The van der Waals surface area contributed by atoms with Gasteiger partial charge in [-0.05, 0) is 0 Å². The molecule has 3 nitrogen and oxygen atoms in total. The minimum atomic E-state index is -0.881. The van der Waals surface area contributed by atoms with Crippen LogP contribution in [0, 0.1) is 0 Å². The Labute approximate surface area is 64.5 Å². The van der Waals surface area contributed by atoms with Gasteiger partial charge in [-0.1, -0.05) is 6.08 Å². The smallest absolute Gasteiger partial charge is 0.275 e. The Morgan fingerprint density at radius 3 is 2.10 bits per heavy atom. The predicted octanol–water partition coefficient (Wildman–Crippen LogP) is -0.194. The second-order valence-electron chi connectivity index (χ2n) is 1.79. The summed E-state index contributed by atoms with van der Waals surface area (Å²) in [6, 6.07) is 0. The Bertz CT molecular complexity index is 92.9. The van der Waals surface area contributed by atoms with E-state index in [-0.39, 0.29) is 0 Å². The first kappa shape index (κ1) is 9.84. The van der Waals surface area contributed by atoms with Crippen molar-refractivity contribution < 1.29 is 13.9 Å². The van der Waals surface area contributed by atoms with E-state index in [1.165, 1.54) is 0 Å². The van der Waals surface area contributed by atoms with Crippen LogP contribution in [0.15, 0.2) is 12.7 Å². The van der Waals surface area contributed by atoms with Gasteiger partial charge >= 0.3 is 0 Å². The highest BCUT2D eigenvalue weighted by atomic mass is 28.2. The molecule has 4 heteroatoms. The highest BCUT2D eigenvalue weighted by Crippen LogP contribution is 2.16. The van der Waals surface area contributed by atoms with Crippen molar-refractivity contribution >= 4 is 10.5 Å². The van der Waals surface area contributed by atoms with E-state index in [9.17, 15) is 0 Å². The van der Waals surface area contributed by atoms with Gasteiger partial charge in [0.05, 0.1) is 0 Å². The van der Waals surface area contributed by atoms with Crippen molar-refractivity contribution in [3.63, 3.8) is 0 Å². The van der Waals surface area contributed by atoms with E-state index in [0.717, 1.165) is 0 Å². The first-order valence-electron chi connectivity index (χ1n) is 3.01. The SMILES string of the molecule is C=CCC(OC)(OC)O[SiH3]. The molecule has 0 saturated heterocycles. The van der Waals surface area contributed by atoms with E-state index in [1.54, 1.807) is 20.3 Å². The third kappa shape index (κ3) is 2.22. The molecule has 60 valence electrons. The molecule has 0 rings (SSSR count). The van der Waals surface area contributed by atoms with Gasteiger partial charge < -0.3 is 13.9 Å². The lowest BCUT2D eigenvalue weighted by Gasteiger charge is -2.27. The average molecular weight is 162 g/mol. The number of ether oxygens (including phenoxy) is 2. The van der Waals surface area contributed by atoms with E-state index in [1.807, 2.05) is 0 Å². The molecule has 0 aromatic heterocycles. The molecular weight excluding hydrogens is 148 g/mol. The van der Waals surface area contributed by atoms with Crippen LogP contribution in [0.4, 0.5) is 0 Å². The van der Waals surface area contributed by atoms with Gasteiger partial charge in [0.25, 0.3) is 5.97 Å². The third-order valence-corrected chi connectivity index (χ3v) is 1.95. The van der Waals surface area contributed by atoms with Crippen molar-refractivity contribution in [1.29, 1.82) is 0 Å². The van der Waals surface area contributed by atoms with Crippen molar-refractivity contribution in [2.75, 3.05) is 14.2 Å². The lowest BCUT2D eigenvalue weighted by molar-refractivity contribution is -0.318. The third-order valence-electron chi connectivity index (χ3n) is 1.33. The Morgan fingerprint density at radius 2 is 2.00 bits per heavy atom. The van der Waals surface area contributed by atoms with Gasteiger partial charge in [-0.3, -0.25) is 0 Å². The summed E-state index contributed by atoms with van der Waals surface area (Å²) in [5.74, 6) is -0.881. The van der Waals surface area contributed by atoms with Crippen LogP contribution < -0.4 is 0 Å². The molecule has 0 bridgehead atoms. The number of hydrogen-bond donors (Lipinski definition) is 0. The lowest BCUT2D eigenvalue weighted by Crippen LogP contribution is -2.35. The summed E-state index contributed by atoms with van der Waals surface area (Å²) >= 11 is 0. The summed E-state index contributed by atoms with van der Waals surface area (Å²) in [5.41, 5.74) is 0. The van der Waals surface area contributed by atoms with Crippen LogP contribution in [-0.4, -0.2) is 30.7 Å². The van der Waals surface area contributed by atoms with E-state index >= 15 is 0 Å². The van der Waals surface area contributed by atoms with Crippen molar-refractivity contribution in [2.45, 2.75) is 12.4 Å². The van der Waals surface area contributed by atoms with Crippen LogP contribution in [0.5, 0.6) is 0 Å². The summed E-state index contributed by atoms with van der Waals surface area (Å²) in [7, 11) is 3.67. The van der Waals surface area contributed by atoms with E-state index < -0.39 is 5.97 Å². The number of methoxy groups -OCH3 is 2. The highest BCUT2D eigenvalue weighted by Gasteiger charge is 2.26. The van der Waals surface area contributed by atoms with Gasteiger partial charge in [-0.25, -0.2) is 0 Å². The van der Waals surface area contributed by atoms with E-state index in [0.29, 0.717) is 16.9 Å². The lowest BCUT2D eigenvalue weighted by atomic mass is 10.4. The minimum Gasteiger partial charge on any atom is -0.380 e. The molecule has 10 heavy (non-hydrogen) atoms. The maximum Gasteiger partial charge on any atom is 0.275 e. The molecule has 0 unspecified atom stereocenters. The second-order valence-corrected chi connectivity index (χ2v) is 2.20. The van der Waals surface area contributed by atoms with Crippen molar-refractivity contribution in [1.82, 2.24) is 0 Å². The summed E-state index contributed by atoms with van der Waals surface area (Å²) in [4.78, 5) is 0. The molecular formula is C6H14O3Si. The summed E-state index contributed by atoms with van der Waals surface area (Å²) in [6.45, 7) is 3.56. The Kier molecular flexibility index (Phi) is 4.55. The Hall–Kier alpha value is -0.163.